The molecule has 1 fully saturated rings. The van der Waals surface area contributed by atoms with Crippen molar-refractivity contribution in [2.75, 3.05) is 26.3 Å². The lowest BCUT2D eigenvalue weighted by Gasteiger charge is -2.35. The molecule has 2 unspecified atom stereocenters. The lowest BCUT2D eigenvalue weighted by Crippen LogP contribution is -2.49. The van der Waals surface area contributed by atoms with Crippen molar-refractivity contribution in [3.8, 4) is 0 Å². The van der Waals surface area contributed by atoms with Gasteiger partial charge in [-0.25, -0.2) is 0 Å². The molecule has 2 N–H and O–H groups in total. The Kier molecular flexibility index (Phi) is 5.40. The third-order valence-electron chi connectivity index (χ3n) is 3.10. The standard InChI is InChI=1S/C11H19F3N2O2/c1-8-2-4-16(6-9(8)15)10(17)3-5-18-7-11(12,13)14/h8-9H,2-7,15H2,1H3. The van der Waals surface area contributed by atoms with Crippen LogP contribution in [0.2, 0.25) is 0 Å². The molecule has 4 nitrogen and oxygen atoms in total. The molecule has 1 aliphatic heterocycles. The summed E-state index contributed by atoms with van der Waals surface area (Å²) in [5.41, 5.74) is 5.84. The number of hydrogen-bond acceptors (Lipinski definition) is 3. The molecule has 0 bridgehead atoms. The van der Waals surface area contributed by atoms with Crippen LogP contribution in [-0.4, -0.2) is 49.3 Å². The van der Waals surface area contributed by atoms with Crippen molar-refractivity contribution in [3.05, 3.63) is 0 Å². The van der Waals surface area contributed by atoms with Gasteiger partial charge >= 0.3 is 6.18 Å². The maximum absolute atomic E-state index is 11.8. The summed E-state index contributed by atoms with van der Waals surface area (Å²) >= 11 is 0. The van der Waals surface area contributed by atoms with E-state index in [0.717, 1.165) is 6.42 Å². The minimum absolute atomic E-state index is 0.0306. The van der Waals surface area contributed by atoms with E-state index in [1.807, 2.05) is 6.92 Å². The molecule has 0 aromatic carbocycles. The number of alkyl halides is 3. The second-order valence-electron chi connectivity index (χ2n) is 4.69. The van der Waals surface area contributed by atoms with Gasteiger partial charge in [0.25, 0.3) is 0 Å². The molecule has 1 rings (SSSR count). The van der Waals surface area contributed by atoms with E-state index in [-0.39, 0.29) is 25.0 Å². The first-order chi connectivity index (χ1) is 8.29. The Hall–Kier alpha value is -0.820. The predicted molar refractivity (Wildman–Crippen MR) is 59.8 cm³/mol. The molecule has 7 heteroatoms. The van der Waals surface area contributed by atoms with Crippen LogP contribution in [0.15, 0.2) is 0 Å². The summed E-state index contributed by atoms with van der Waals surface area (Å²) in [6.07, 6.45) is -3.54. The highest BCUT2D eigenvalue weighted by Crippen LogP contribution is 2.17. The second-order valence-corrected chi connectivity index (χ2v) is 4.69. The number of hydrogen-bond donors (Lipinski definition) is 1. The van der Waals surface area contributed by atoms with E-state index in [0.29, 0.717) is 19.0 Å². The summed E-state index contributed by atoms with van der Waals surface area (Å²) < 4.78 is 39.8. The SMILES string of the molecule is CC1CCN(C(=O)CCOCC(F)(F)F)CC1N. The third kappa shape index (κ3) is 5.22. The fourth-order valence-corrected chi connectivity index (χ4v) is 1.83. The summed E-state index contributed by atoms with van der Waals surface area (Å²) in [6, 6.07) is -0.0567. The third-order valence-corrected chi connectivity index (χ3v) is 3.10. The highest BCUT2D eigenvalue weighted by Gasteiger charge is 2.28. The molecule has 0 aliphatic carbocycles. The number of amides is 1. The molecule has 0 aromatic heterocycles. The van der Waals surface area contributed by atoms with E-state index in [9.17, 15) is 18.0 Å². The number of carbonyl (C=O) groups is 1. The average Bonchev–Trinajstić information content (AvgIpc) is 2.26. The predicted octanol–water partition coefficient (Wildman–Crippen LogP) is 1.15. The zero-order chi connectivity index (χ0) is 13.8. The molecule has 0 spiro atoms. The number of piperidine rings is 1. The maximum atomic E-state index is 11.8. The molecule has 1 heterocycles. The van der Waals surface area contributed by atoms with Crippen LogP contribution in [0, 0.1) is 5.92 Å². The van der Waals surface area contributed by atoms with Crippen molar-refractivity contribution in [2.45, 2.75) is 32.0 Å². The van der Waals surface area contributed by atoms with Crippen LogP contribution in [0.5, 0.6) is 0 Å². The Morgan fingerprint density at radius 3 is 2.72 bits per heavy atom. The van der Waals surface area contributed by atoms with Crippen LogP contribution in [0.3, 0.4) is 0 Å². The van der Waals surface area contributed by atoms with Gasteiger partial charge in [-0.05, 0) is 12.3 Å². The number of carbonyl (C=O) groups excluding carboxylic acids is 1. The molecule has 0 aromatic rings. The molecule has 1 aliphatic rings. The Balaban J connectivity index is 2.21. The van der Waals surface area contributed by atoms with Crippen LogP contribution >= 0.6 is 0 Å². The smallest absolute Gasteiger partial charge is 0.372 e. The molecular formula is C11H19F3N2O2. The molecule has 0 radical (unpaired) electrons. The molecule has 1 amide bonds. The molecule has 18 heavy (non-hydrogen) atoms. The second kappa shape index (κ2) is 6.38. The Morgan fingerprint density at radius 2 is 2.17 bits per heavy atom. The highest BCUT2D eigenvalue weighted by molar-refractivity contribution is 5.76. The van der Waals surface area contributed by atoms with Gasteiger partial charge in [0.05, 0.1) is 13.0 Å². The van der Waals surface area contributed by atoms with Crippen LogP contribution in [0.1, 0.15) is 19.8 Å². The first kappa shape index (κ1) is 15.2. The van der Waals surface area contributed by atoms with Gasteiger partial charge in [-0.1, -0.05) is 6.92 Å². The zero-order valence-corrected chi connectivity index (χ0v) is 10.4. The Labute approximate surface area is 104 Å². The number of nitrogens with zero attached hydrogens (tertiary/aromatic N) is 1. The highest BCUT2D eigenvalue weighted by atomic mass is 19.4. The lowest BCUT2D eigenvalue weighted by atomic mass is 9.94. The van der Waals surface area contributed by atoms with Crippen molar-refractivity contribution in [1.82, 2.24) is 4.90 Å². The monoisotopic (exact) mass is 268 g/mol. The fraction of sp³-hybridized carbons (Fsp3) is 0.909. The minimum atomic E-state index is -4.34. The molecular weight excluding hydrogens is 249 g/mol. The molecule has 0 saturated carbocycles. The van der Waals surface area contributed by atoms with E-state index in [2.05, 4.69) is 4.74 Å². The van der Waals surface area contributed by atoms with Crippen LogP contribution < -0.4 is 5.73 Å². The quantitative estimate of drug-likeness (QED) is 0.778. The Bertz CT molecular complexity index is 284. The normalized spacial score (nSPS) is 25.3. The number of halogens is 3. The van der Waals surface area contributed by atoms with Gasteiger partial charge < -0.3 is 15.4 Å². The van der Waals surface area contributed by atoms with E-state index >= 15 is 0 Å². The number of ether oxygens (including phenoxy) is 1. The fourth-order valence-electron chi connectivity index (χ4n) is 1.83. The number of rotatable bonds is 4. The maximum Gasteiger partial charge on any atom is 0.411 e. The van der Waals surface area contributed by atoms with Gasteiger partial charge in [0.2, 0.25) is 5.91 Å². The summed E-state index contributed by atoms with van der Waals surface area (Å²) in [5, 5.41) is 0. The molecule has 106 valence electrons. The van der Waals surface area contributed by atoms with Gasteiger partial charge in [-0.2, -0.15) is 13.2 Å². The summed E-state index contributed by atoms with van der Waals surface area (Å²) in [5.74, 6) is 0.176. The summed E-state index contributed by atoms with van der Waals surface area (Å²) in [7, 11) is 0. The van der Waals surface area contributed by atoms with Crippen LogP contribution in [0.4, 0.5) is 13.2 Å². The van der Waals surface area contributed by atoms with Gasteiger partial charge in [0, 0.05) is 19.1 Å². The number of nitrogens with two attached hydrogens (primary N) is 1. The van der Waals surface area contributed by atoms with Crippen molar-refractivity contribution < 1.29 is 22.7 Å². The van der Waals surface area contributed by atoms with Gasteiger partial charge in [-0.3, -0.25) is 4.79 Å². The van der Waals surface area contributed by atoms with Gasteiger partial charge in [0.1, 0.15) is 6.61 Å². The van der Waals surface area contributed by atoms with Crippen LogP contribution in [-0.2, 0) is 9.53 Å². The van der Waals surface area contributed by atoms with Crippen molar-refractivity contribution in [2.24, 2.45) is 11.7 Å². The van der Waals surface area contributed by atoms with Crippen molar-refractivity contribution in [3.63, 3.8) is 0 Å². The molecule has 2 atom stereocenters. The van der Waals surface area contributed by atoms with Crippen LogP contribution in [0.25, 0.3) is 0 Å². The lowest BCUT2D eigenvalue weighted by molar-refractivity contribution is -0.175. The zero-order valence-electron chi connectivity index (χ0n) is 10.4. The van der Waals surface area contributed by atoms with E-state index in [1.54, 1.807) is 4.90 Å². The topological polar surface area (TPSA) is 55.6 Å². The summed E-state index contributed by atoms with van der Waals surface area (Å²) in [4.78, 5) is 13.3. The largest absolute Gasteiger partial charge is 0.411 e. The van der Waals surface area contributed by atoms with E-state index in [1.165, 1.54) is 0 Å². The Morgan fingerprint density at radius 1 is 1.50 bits per heavy atom. The van der Waals surface area contributed by atoms with Crippen molar-refractivity contribution in [1.29, 1.82) is 0 Å². The van der Waals surface area contributed by atoms with Gasteiger partial charge in [-0.15, -0.1) is 0 Å². The first-order valence-electron chi connectivity index (χ1n) is 5.97. The first-order valence-corrected chi connectivity index (χ1v) is 5.97. The van der Waals surface area contributed by atoms with E-state index < -0.39 is 12.8 Å². The molecule has 1 saturated heterocycles. The van der Waals surface area contributed by atoms with Crippen molar-refractivity contribution >= 4 is 5.91 Å². The summed E-state index contributed by atoms with van der Waals surface area (Å²) in [6.45, 7) is 1.60. The van der Waals surface area contributed by atoms with E-state index in [4.69, 9.17) is 5.73 Å². The van der Waals surface area contributed by atoms with Gasteiger partial charge in [0.15, 0.2) is 0 Å². The minimum Gasteiger partial charge on any atom is -0.372 e. The number of likely N-dealkylation sites (tertiary alicyclic amines) is 1. The average molecular weight is 268 g/mol.